The van der Waals surface area contributed by atoms with Crippen LogP contribution in [0, 0.1) is 0 Å². The van der Waals surface area contributed by atoms with E-state index in [-0.39, 0.29) is 17.6 Å². The highest BCUT2D eigenvalue weighted by Crippen LogP contribution is 2.14. The molecule has 1 rings (SSSR count). The first-order valence-corrected chi connectivity index (χ1v) is 4.48. The lowest BCUT2D eigenvalue weighted by molar-refractivity contribution is -0.114. The van der Waals surface area contributed by atoms with Crippen LogP contribution in [0.25, 0.3) is 0 Å². The second-order valence-electron chi connectivity index (χ2n) is 2.77. The van der Waals surface area contributed by atoms with Gasteiger partial charge in [0.15, 0.2) is 5.78 Å². The quantitative estimate of drug-likeness (QED) is 0.599. The number of anilines is 1. The van der Waals surface area contributed by atoms with Crippen LogP contribution in [0.4, 0.5) is 5.82 Å². The van der Waals surface area contributed by atoms with E-state index in [0.29, 0.717) is 11.4 Å². The first-order valence-electron chi connectivity index (χ1n) is 3.95. The van der Waals surface area contributed by atoms with Gasteiger partial charge in [0, 0.05) is 7.05 Å². The van der Waals surface area contributed by atoms with Crippen LogP contribution in [-0.4, -0.2) is 27.4 Å². The number of aromatic nitrogens is 2. The van der Waals surface area contributed by atoms with Crippen LogP contribution in [0.15, 0.2) is 6.20 Å². The molecule has 1 aromatic heterocycles. The smallest absolute Gasteiger partial charge is 0.240 e. The van der Waals surface area contributed by atoms with Crippen LogP contribution in [-0.2, 0) is 11.8 Å². The van der Waals surface area contributed by atoms with E-state index >= 15 is 0 Å². The molecule has 0 aliphatic heterocycles. The molecule has 0 saturated heterocycles. The van der Waals surface area contributed by atoms with E-state index in [1.165, 1.54) is 17.8 Å². The monoisotopic (exact) mass is 215 g/mol. The minimum Gasteiger partial charge on any atom is -0.309 e. The maximum absolute atomic E-state index is 11.1. The molecule has 0 unspecified atom stereocenters. The Bertz CT molecular complexity index is 373. The topological polar surface area (TPSA) is 64.0 Å². The Morgan fingerprint density at radius 2 is 2.29 bits per heavy atom. The standard InChI is InChI=1S/C8H10ClN3O2/c1-5(13)6-4-10-12(2)8(6)11-7(14)3-9/h4H,3H2,1-2H3,(H,11,14). The number of nitrogens with zero attached hydrogens (tertiary/aromatic N) is 2. The van der Waals surface area contributed by atoms with E-state index in [1.807, 2.05) is 0 Å². The zero-order chi connectivity index (χ0) is 10.7. The van der Waals surface area contributed by atoms with Crippen LogP contribution >= 0.6 is 11.6 Å². The van der Waals surface area contributed by atoms with Crippen molar-refractivity contribution in [2.75, 3.05) is 11.2 Å². The van der Waals surface area contributed by atoms with Crippen LogP contribution < -0.4 is 5.32 Å². The van der Waals surface area contributed by atoms with Gasteiger partial charge in [-0.2, -0.15) is 5.10 Å². The summed E-state index contributed by atoms with van der Waals surface area (Å²) >= 11 is 5.33. The number of aryl methyl sites for hydroxylation is 1. The zero-order valence-electron chi connectivity index (χ0n) is 7.87. The third-order valence-electron chi connectivity index (χ3n) is 1.70. The van der Waals surface area contributed by atoms with Crippen LogP contribution in [0.1, 0.15) is 17.3 Å². The Balaban J connectivity index is 2.99. The molecule has 1 heterocycles. The second-order valence-corrected chi connectivity index (χ2v) is 3.04. The summed E-state index contributed by atoms with van der Waals surface area (Å²) in [7, 11) is 1.64. The summed E-state index contributed by atoms with van der Waals surface area (Å²) in [5, 5.41) is 6.36. The van der Waals surface area contributed by atoms with Gasteiger partial charge in [0.1, 0.15) is 11.7 Å². The highest BCUT2D eigenvalue weighted by molar-refractivity contribution is 6.29. The van der Waals surface area contributed by atoms with E-state index in [0.717, 1.165) is 0 Å². The van der Waals surface area contributed by atoms with Gasteiger partial charge < -0.3 is 5.32 Å². The summed E-state index contributed by atoms with van der Waals surface area (Å²) in [6.45, 7) is 1.41. The number of carbonyl (C=O) groups is 2. The summed E-state index contributed by atoms with van der Waals surface area (Å²) < 4.78 is 1.42. The predicted octanol–water partition coefficient (Wildman–Crippen LogP) is 0.800. The number of alkyl halides is 1. The lowest BCUT2D eigenvalue weighted by Crippen LogP contribution is -2.17. The number of carbonyl (C=O) groups excluding carboxylic acids is 2. The van der Waals surface area contributed by atoms with Crippen molar-refractivity contribution in [1.29, 1.82) is 0 Å². The summed E-state index contributed by atoms with van der Waals surface area (Å²) in [4.78, 5) is 22.1. The van der Waals surface area contributed by atoms with Crippen molar-refractivity contribution < 1.29 is 9.59 Å². The number of nitrogens with one attached hydrogen (secondary N) is 1. The van der Waals surface area contributed by atoms with Crippen LogP contribution in [0.2, 0.25) is 0 Å². The van der Waals surface area contributed by atoms with E-state index in [2.05, 4.69) is 10.4 Å². The van der Waals surface area contributed by atoms with Crippen molar-refractivity contribution in [2.45, 2.75) is 6.92 Å². The average Bonchev–Trinajstić information content (AvgIpc) is 2.48. The molecule has 14 heavy (non-hydrogen) atoms. The van der Waals surface area contributed by atoms with Crippen molar-refractivity contribution in [1.82, 2.24) is 9.78 Å². The largest absolute Gasteiger partial charge is 0.309 e. The summed E-state index contributed by atoms with van der Waals surface area (Å²) in [5.41, 5.74) is 0.381. The molecule has 76 valence electrons. The first kappa shape index (κ1) is 10.7. The fourth-order valence-corrected chi connectivity index (χ4v) is 1.08. The zero-order valence-corrected chi connectivity index (χ0v) is 8.63. The minimum atomic E-state index is -0.363. The maximum atomic E-state index is 11.1. The Kier molecular flexibility index (Phi) is 3.24. The molecular weight excluding hydrogens is 206 g/mol. The molecule has 0 fully saturated rings. The third-order valence-corrected chi connectivity index (χ3v) is 1.94. The van der Waals surface area contributed by atoms with E-state index in [1.54, 1.807) is 7.05 Å². The molecule has 0 saturated carbocycles. The van der Waals surface area contributed by atoms with Gasteiger partial charge in [-0.15, -0.1) is 11.6 Å². The lowest BCUT2D eigenvalue weighted by Gasteiger charge is -2.04. The van der Waals surface area contributed by atoms with Gasteiger partial charge in [-0.05, 0) is 6.92 Å². The molecule has 6 heteroatoms. The molecule has 0 aromatic carbocycles. The number of Topliss-reactive ketones (excluding diaryl/α,β-unsaturated/α-hetero) is 1. The summed E-state index contributed by atoms with van der Waals surface area (Å²) in [5.74, 6) is -0.286. The van der Waals surface area contributed by atoms with Gasteiger partial charge in [0.05, 0.1) is 11.8 Å². The Morgan fingerprint density at radius 1 is 1.64 bits per heavy atom. The molecule has 0 radical (unpaired) electrons. The van der Waals surface area contributed by atoms with Crippen molar-refractivity contribution in [2.24, 2.45) is 7.05 Å². The van der Waals surface area contributed by atoms with Crippen LogP contribution in [0.5, 0.6) is 0 Å². The second kappa shape index (κ2) is 4.23. The summed E-state index contributed by atoms with van der Waals surface area (Å²) in [6, 6.07) is 0. The van der Waals surface area contributed by atoms with Gasteiger partial charge in [-0.25, -0.2) is 0 Å². The Morgan fingerprint density at radius 3 is 2.79 bits per heavy atom. The lowest BCUT2D eigenvalue weighted by atomic mass is 10.2. The highest BCUT2D eigenvalue weighted by Gasteiger charge is 2.14. The molecular formula is C8H10ClN3O2. The van der Waals surface area contributed by atoms with Crippen molar-refractivity contribution in [3.63, 3.8) is 0 Å². The number of halogens is 1. The SMILES string of the molecule is CC(=O)c1cnn(C)c1NC(=O)CCl. The van der Waals surface area contributed by atoms with Crippen molar-refractivity contribution in [3.05, 3.63) is 11.8 Å². The molecule has 1 N–H and O–H groups in total. The van der Waals surface area contributed by atoms with Gasteiger partial charge >= 0.3 is 0 Å². The number of amides is 1. The van der Waals surface area contributed by atoms with Gasteiger partial charge in [0.25, 0.3) is 0 Å². The van der Waals surface area contributed by atoms with Gasteiger partial charge in [0.2, 0.25) is 5.91 Å². The molecule has 0 atom stereocenters. The molecule has 0 aliphatic carbocycles. The molecule has 1 amide bonds. The Hall–Kier alpha value is -1.36. The molecule has 0 spiro atoms. The molecule has 5 nitrogen and oxygen atoms in total. The number of ketones is 1. The summed E-state index contributed by atoms with van der Waals surface area (Å²) in [6.07, 6.45) is 1.41. The number of rotatable bonds is 3. The van der Waals surface area contributed by atoms with E-state index < -0.39 is 0 Å². The maximum Gasteiger partial charge on any atom is 0.240 e. The first-order chi connectivity index (χ1) is 6.56. The number of hydrogen-bond acceptors (Lipinski definition) is 3. The van der Waals surface area contributed by atoms with Crippen molar-refractivity contribution in [3.8, 4) is 0 Å². The van der Waals surface area contributed by atoms with Crippen LogP contribution in [0.3, 0.4) is 0 Å². The fraction of sp³-hybridized carbons (Fsp3) is 0.375. The highest BCUT2D eigenvalue weighted by atomic mass is 35.5. The molecule has 0 bridgehead atoms. The number of hydrogen-bond donors (Lipinski definition) is 1. The normalized spacial score (nSPS) is 9.93. The minimum absolute atomic E-state index is 0.150. The van der Waals surface area contributed by atoms with E-state index in [9.17, 15) is 9.59 Å². The van der Waals surface area contributed by atoms with Gasteiger partial charge in [-0.1, -0.05) is 0 Å². The third kappa shape index (κ3) is 2.11. The Labute approximate surface area is 86.0 Å². The van der Waals surface area contributed by atoms with Gasteiger partial charge in [-0.3, -0.25) is 14.3 Å². The van der Waals surface area contributed by atoms with Crippen molar-refractivity contribution >= 4 is 29.1 Å². The average molecular weight is 216 g/mol. The predicted molar refractivity (Wildman–Crippen MR) is 52.6 cm³/mol. The molecule has 0 aliphatic rings. The molecule has 1 aromatic rings. The fourth-order valence-electron chi connectivity index (χ4n) is 1.01. The van der Waals surface area contributed by atoms with E-state index in [4.69, 9.17) is 11.6 Å².